The van der Waals surface area contributed by atoms with Crippen molar-refractivity contribution in [3.8, 4) is 0 Å². The summed E-state index contributed by atoms with van der Waals surface area (Å²) in [5, 5.41) is 0. The predicted molar refractivity (Wildman–Crippen MR) is 68.7 cm³/mol. The van der Waals surface area contributed by atoms with Crippen LogP contribution in [0.2, 0.25) is 0 Å². The number of hydrogen-bond donors (Lipinski definition) is 0. The first-order valence-electron chi connectivity index (χ1n) is 5.51. The van der Waals surface area contributed by atoms with Gasteiger partial charge in [0.2, 0.25) is 0 Å². The second-order valence-corrected chi connectivity index (χ2v) is 4.54. The molecule has 0 N–H and O–H groups in total. The molecule has 0 fully saturated rings. The minimum absolute atomic E-state index is 0.0926. The van der Waals surface area contributed by atoms with Gasteiger partial charge in [0.25, 0.3) is 0 Å². The lowest BCUT2D eigenvalue weighted by Crippen LogP contribution is -2.07. The third-order valence-electron chi connectivity index (χ3n) is 2.22. The van der Waals surface area contributed by atoms with Gasteiger partial charge in [0.1, 0.15) is 0 Å². The number of benzene rings is 1. The van der Waals surface area contributed by atoms with Crippen molar-refractivity contribution in [2.75, 3.05) is 18.6 Å². The summed E-state index contributed by atoms with van der Waals surface area (Å²) in [6.45, 7) is 0.550. The van der Waals surface area contributed by atoms with E-state index in [0.29, 0.717) is 13.0 Å². The normalized spacial score (nSPS) is 10.1. The molecule has 1 aromatic carbocycles. The molecule has 0 bridgehead atoms. The summed E-state index contributed by atoms with van der Waals surface area (Å²) in [5.41, 5.74) is 1.18. The van der Waals surface area contributed by atoms with E-state index in [1.165, 1.54) is 5.56 Å². The quantitative estimate of drug-likeness (QED) is 0.539. The average molecular weight is 238 g/mol. The maximum atomic E-state index is 11.4. The Hall–Kier alpha value is -0.960. The van der Waals surface area contributed by atoms with Gasteiger partial charge in [0.15, 0.2) is 0 Å². The highest BCUT2D eigenvalue weighted by Gasteiger charge is 2.02. The van der Waals surface area contributed by atoms with Gasteiger partial charge in [-0.25, -0.2) is 0 Å². The maximum Gasteiger partial charge on any atom is 0.306 e. The van der Waals surface area contributed by atoms with Gasteiger partial charge in [0.05, 0.1) is 6.61 Å². The first-order valence-corrected chi connectivity index (χ1v) is 6.91. The highest BCUT2D eigenvalue weighted by molar-refractivity contribution is 7.98. The van der Waals surface area contributed by atoms with E-state index in [-0.39, 0.29) is 5.97 Å². The largest absolute Gasteiger partial charge is 0.466 e. The molecule has 0 saturated carbocycles. The Balaban J connectivity index is 2.11. The van der Waals surface area contributed by atoms with Crippen LogP contribution < -0.4 is 0 Å². The van der Waals surface area contributed by atoms with Crippen LogP contribution in [0.15, 0.2) is 30.3 Å². The van der Waals surface area contributed by atoms with Gasteiger partial charge in [-0.15, -0.1) is 0 Å². The Labute approximate surface area is 101 Å². The maximum absolute atomic E-state index is 11.4. The summed E-state index contributed by atoms with van der Waals surface area (Å²) in [6, 6.07) is 10.0. The van der Waals surface area contributed by atoms with Crippen molar-refractivity contribution in [3.05, 3.63) is 35.9 Å². The van der Waals surface area contributed by atoms with E-state index < -0.39 is 0 Å². The van der Waals surface area contributed by atoms with Crippen molar-refractivity contribution in [3.63, 3.8) is 0 Å². The van der Waals surface area contributed by atoms with Crippen LogP contribution in [0.1, 0.15) is 18.4 Å². The highest BCUT2D eigenvalue weighted by Crippen LogP contribution is 2.03. The van der Waals surface area contributed by atoms with Crippen LogP contribution in [-0.2, 0) is 16.0 Å². The topological polar surface area (TPSA) is 26.3 Å². The lowest BCUT2D eigenvalue weighted by atomic mass is 10.1. The van der Waals surface area contributed by atoms with Crippen LogP contribution in [0, 0.1) is 0 Å². The molecule has 88 valence electrons. The van der Waals surface area contributed by atoms with Crippen molar-refractivity contribution in [1.29, 1.82) is 0 Å². The van der Waals surface area contributed by atoms with Crippen LogP contribution >= 0.6 is 11.8 Å². The number of aryl methyl sites for hydroxylation is 1. The zero-order valence-electron chi connectivity index (χ0n) is 9.65. The molecular formula is C13H18O2S. The van der Waals surface area contributed by atoms with Gasteiger partial charge >= 0.3 is 5.97 Å². The number of thioether (sulfide) groups is 1. The number of esters is 1. The second kappa shape index (κ2) is 8.22. The third-order valence-corrected chi connectivity index (χ3v) is 2.91. The smallest absolute Gasteiger partial charge is 0.306 e. The van der Waals surface area contributed by atoms with Crippen molar-refractivity contribution >= 4 is 17.7 Å². The predicted octanol–water partition coefficient (Wildman–Crippen LogP) is 2.92. The van der Waals surface area contributed by atoms with Crippen LogP contribution in [0.25, 0.3) is 0 Å². The van der Waals surface area contributed by atoms with E-state index in [0.717, 1.165) is 18.6 Å². The first-order chi connectivity index (χ1) is 7.83. The Kier molecular flexibility index (Phi) is 6.74. The fourth-order valence-corrected chi connectivity index (χ4v) is 1.76. The summed E-state index contributed by atoms with van der Waals surface area (Å²) in [7, 11) is 0. The molecule has 3 heteroatoms. The molecule has 0 aliphatic carbocycles. The number of rotatable bonds is 7. The minimum Gasteiger partial charge on any atom is -0.466 e. The lowest BCUT2D eigenvalue weighted by Gasteiger charge is -2.04. The summed E-state index contributed by atoms with van der Waals surface area (Å²) in [5.74, 6) is 0.955. The Bertz CT molecular complexity index is 298. The van der Waals surface area contributed by atoms with Gasteiger partial charge in [-0.2, -0.15) is 11.8 Å². The van der Waals surface area contributed by atoms with Crippen molar-refractivity contribution in [2.45, 2.75) is 19.3 Å². The molecule has 0 atom stereocenters. The summed E-state index contributed by atoms with van der Waals surface area (Å²) in [6.07, 6.45) is 4.24. The molecule has 0 unspecified atom stereocenters. The SMILES string of the molecule is CSCCCOC(=O)CCc1ccccc1. The molecule has 16 heavy (non-hydrogen) atoms. The lowest BCUT2D eigenvalue weighted by molar-refractivity contribution is -0.143. The molecule has 0 aliphatic rings. The van der Waals surface area contributed by atoms with Crippen molar-refractivity contribution in [1.82, 2.24) is 0 Å². The summed E-state index contributed by atoms with van der Waals surface area (Å²) < 4.78 is 5.11. The van der Waals surface area contributed by atoms with Gasteiger partial charge in [-0.05, 0) is 30.4 Å². The Morgan fingerprint density at radius 3 is 2.75 bits per heavy atom. The zero-order chi connectivity index (χ0) is 11.6. The minimum atomic E-state index is -0.0926. The van der Waals surface area contributed by atoms with E-state index in [4.69, 9.17) is 4.74 Å². The highest BCUT2D eigenvalue weighted by atomic mass is 32.2. The second-order valence-electron chi connectivity index (χ2n) is 3.55. The molecule has 1 aromatic rings. The average Bonchev–Trinajstić information content (AvgIpc) is 2.33. The van der Waals surface area contributed by atoms with Crippen molar-refractivity contribution < 1.29 is 9.53 Å². The molecule has 0 aliphatic heterocycles. The van der Waals surface area contributed by atoms with E-state index in [1.807, 2.05) is 30.3 Å². The molecule has 2 nitrogen and oxygen atoms in total. The molecule has 0 saturated heterocycles. The number of carbonyl (C=O) groups is 1. The van der Waals surface area contributed by atoms with Gasteiger partial charge in [-0.3, -0.25) is 4.79 Å². The molecule has 0 heterocycles. The van der Waals surface area contributed by atoms with E-state index in [2.05, 4.69) is 6.26 Å². The third kappa shape index (κ3) is 5.81. The van der Waals surface area contributed by atoms with Crippen LogP contribution in [0.4, 0.5) is 0 Å². The number of hydrogen-bond acceptors (Lipinski definition) is 3. The van der Waals surface area contributed by atoms with Crippen LogP contribution in [-0.4, -0.2) is 24.6 Å². The first kappa shape index (κ1) is 13.1. The molecule has 0 aromatic heterocycles. The van der Waals surface area contributed by atoms with E-state index >= 15 is 0 Å². The summed E-state index contributed by atoms with van der Waals surface area (Å²) in [4.78, 5) is 11.4. The van der Waals surface area contributed by atoms with Crippen LogP contribution in [0.5, 0.6) is 0 Å². The number of ether oxygens (including phenoxy) is 1. The van der Waals surface area contributed by atoms with Crippen LogP contribution in [0.3, 0.4) is 0 Å². The monoisotopic (exact) mass is 238 g/mol. The molecular weight excluding hydrogens is 220 g/mol. The van der Waals surface area contributed by atoms with Gasteiger partial charge in [0, 0.05) is 6.42 Å². The van der Waals surface area contributed by atoms with Gasteiger partial charge < -0.3 is 4.74 Å². The molecule has 1 rings (SSSR count). The zero-order valence-corrected chi connectivity index (χ0v) is 10.5. The van der Waals surface area contributed by atoms with E-state index in [9.17, 15) is 4.79 Å². The van der Waals surface area contributed by atoms with E-state index in [1.54, 1.807) is 11.8 Å². The Morgan fingerprint density at radius 1 is 1.31 bits per heavy atom. The molecule has 0 amide bonds. The fraction of sp³-hybridized carbons (Fsp3) is 0.462. The number of carbonyl (C=O) groups excluding carboxylic acids is 1. The Morgan fingerprint density at radius 2 is 2.06 bits per heavy atom. The standard InChI is InChI=1S/C13H18O2S/c1-16-11-5-10-15-13(14)9-8-12-6-3-2-4-7-12/h2-4,6-7H,5,8-11H2,1H3. The van der Waals surface area contributed by atoms with Gasteiger partial charge in [-0.1, -0.05) is 30.3 Å². The molecule has 0 radical (unpaired) electrons. The fourth-order valence-electron chi connectivity index (χ4n) is 1.35. The molecule has 0 spiro atoms. The summed E-state index contributed by atoms with van der Waals surface area (Å²) >= 11 is 1.77. The van der Waals surface area contributed by atoms with Crippen molar-refractivity contribution in [2.24, 2.45) is 0 Å².